The second-order valence-electron chi connectivity index (χ2n) is 3.04. The molecule has 1 saturated heterocycles. The Morgan fingerprint density at radius 1 is 1.67 bits per heavy atom. The van der Waals surface area contributed by atoms with E-state index in [-0.39, 0.29) is 30.5 Å². The van der Waals surface area contributed by atoms with Gasteiger partial charge in [-0.25, -0.2) is 0 Å². The minimum Gasteiger partial charge on any atom is -0.461 e. The largest absolute Gasteiger partial charge is 0.461 e. The van der Waals surface area contributed by atoms with E-state index in [1.165, 1.54) is 0 Å². The molecule has 4 heteroatoms. The summed E-state index contributed by atoms with van der Waals surface area (Å²) in [6, 6.07) is -0.364. The lowest BCUT2D eigenvalue weighted by atomic mass is 10.1. The summed E-state index contributed by atoms with van der Waals surface area (Å²) in [6.45, 7) is 2.12. The fourth-order valence-electron chi connectivity index (χ4n) is 1.29. The lowest BCUT2D eigenvalue weighted by molar-refractivity contribution is -0.142. The number of halogens is 1. The molecule has 2 atom stereocenters. The molecule has 1 rings (SSSR count). The topological polar surface area (TPSA) is 52.3 Å². The first kappa shape index (κ1) is 11.7. The van der Waals surface area contributed by atoms with E-state index in [4.69, 9.17) is 10.5 Å². The number of esters is 1. The van der Waals surface area contributed by atoms with Crippen LogP contribution in [0.5, 0.6) is 0 Å². The second-order valence-corrected chi connectivity index (χ2v) is 3.04. The standard InChI is InChI=1S/C8H15NO2.ClH/c1-2-3-4-6-5-7(9)8(10)11-6;/h6-7H,2-5,9H2,1H3;1H/t6?,7-;/m0./s1. The highest BCUT2D eigenvalue weighted by molar-refractivity contribution is 5.85. The molecular weight excluding hydrogens is 178 g/mol. The lowest BCUT2D eigenvalue weighted by Gasteiger charge is -2.05. The second kappa shape index (κ2) is 5.38. The first-order valence-electron chi connectivity index (χ1n) is 4.20. The Morgan fingerprint density at radius 2 is 2.33 bits per heavy atom. The van der Waals surface area contributed by atoms with Crippen LogP contribution in [-0.2, 0) is 9.53 Å². The highest BCUT2D eigenvalue weighted by atomic mass is 35.5. The number of ether oxygens (including phenoxy) is 1. The number of rotatable bonds is 3. The molecule has 1 aliphatic heterocycles. The quantitative estimate of drug-likeness (QED) is 0.687. The maximum absolute atomic E-state index is 10.8. The molecule has 3 nitrogen and oxygen atoms in total. The van der Waals surface area contributed by atoms with Gasteiger partial charge < -0.3 is 10.5 Å². The van der Waals surface area contributed by atoms with Crippen molar-refractivity contribution < 1.29 is 9.53 Å². The van der Waals surface area contributed by atoms with Crippen LogP contribution in [0.1, 0.15) is 32.6 Å². The third kappa shape index (κ3) is 2.99. The van der Waals surface area contributed by atoms with Crippen molar-refractivity contribution >= 4 is 18.4 Å². The van der Waals surface area contributed by atoms with Crippen LogP contribution in [0.2, 0.25) is 0 Å². The lowest BCUT2D eigenvalue weighted by Crippen LogP contribution is -2.24. The van der Waals surface area contributed by atoms with Gasteiger partial charge in [-0.15, -0.1) is 12.4 Å². The normalized spacial score (nSPS) is 28.0. The van der Waals surface area contributed by atoms with Gasteiger partial charge >= 0.3 is 5.97 Å². The summed E-state index contributed by atoms with van der Waals surface area (Å²) in [4.78, 5) is 10.8. The molecular formula is C8H16ClNO2. The van der Waals surface area contributed by atoms with Crippen molar-refractivity contribution in [2.45, 2.75) is 44.8 Å². The van der Waals surface area contributed by atoms with E-state index in [0.29, 0.717) is 6.42 Å². The van der Waals surface area contributed by atoms with Gasteiger partial charge in [0.05, 0.1) is 0 Å². The van der Waals surface area contributed by atoms with Crippen molar-refractivity contribution in [2.24, 2.45) is 5.73 Å². The smallest absolute Gasteiger partial charge is 0.323 e. The van der Waals surface area contributed by atoms with Crippen LogP contribution in [0.3, 0.4) is 0 Å². The average molecular weight is 194 g/mol. The Bertz CT molecular complexity index is 152. The maximum Gasteiger partial charge on any atom is 0.323 e. The summed E-state index contributed by atoms with van der Waals surface area (Å²) in [5.41, 5.74) is 5.47. The van der Waals surface area contributed by atoms with E-state index in [0.717, 1.165) is 19.3 Å². The summed E-state index contributed by atoms with van der Waals surface area (Å²) >= 11 is 0. The van der Waals surface area contributed by atoms with Crippen LogP contribution in [-0.4, -0.2) is 18.1 Å². The highest BCUT2D eigenvalue weighted by Gasteiger charge is 2.30. The van der Waals surface area contributed by atoms with Crippen molar-refractivity contribution in [2.75, 3.05) is 0 Å². The summed E-state index contributed by atoms with van der Waals surface area (Å²) < 4.78 is 5.01. The fourth-order valence-corrected chi connectivity index (χ4v) is 1.29. The fraction of sp³-hybridized carbons (Fsp3) is 0.875. The minimum absolute atomic E-state index is 0. The summed E-state index contributed by atoms with van der Waals surface area (Å²) in [7, 11) is 0. The molecule has 0 aromatic heterocycles. The van der Waals surface area contributed by atoms with Gasteiger partial charge in [0.2, 0.25) is 0 Å². The molecule has 12 heavy (non-hydrogen) atoms. The van der Waals surface area contributed by atoms with Gasteiger partial charge in [0.1, 0.15) is 12.1 Å². The van der Waals surface area contributed by atoms with E-state index in [1.807, 2.05) is 0 Å². The van der Waals surface area contributed by atoms with Crippen LogP contribution < -0.4 is 5.73 Å². The number of cyclic esters (lactones) is 1. The number of hydrogen-bond donors (Lipinski definition) is 1. The van der Waals surface area contributed by atoms with Crippen LogP contribution in [0, 0.1) is 0 Å². The molecule has 0 amide bonds. The molecule has 2 N–H and O–H groups in total. The Kier molecular flexibility index (Phi) is 5.25. The molecule has 0 saturated carbocycles. The van der Waals surface area contributed by atoms with Crippen molar-refractivity contribution in [1.29, 1.82) is 0 Å². The first-order chi connectivity index (χ1) is 5.24. The number of nitrogens with two attached hydrogens (primary N) is 1. The molecule has 0 aromatic carbocycles. The van der Waals surface area contributed by atoms with Gasteiger partial charge in [-0.2, -0.15) is 0 Å². The molecule has 0 bridgehead atoms. The Balaban J connectivity index is 0.00000121. The molecule has 1 unspecified atom stereocenters. The molecule has 0 spiro atoms. The Labute approximate surface area is 79.1 Å². The number of carbonyl (C=O) groups excluding carboxylic acids is 1. The predicted molar refractivity (Wildman–Crippen MR) is 49.2 cm³/mol. The summed E-state index contributed by atoms with van der Waals surface area (Å²) in [6.07, 6.45) is 4.03. The molecule has 0 radical (unpaired) electrons. The number of carbonyl (C=O) groups is 1. The van der Waals surface area contributed by atoms with Gasteiger partial charge in [-0.1, -0.05) is 19.8 Å². The van der Waals surface area contributed by atoms with E-state index < -0.39 is 0 Å². The van der Waals surface area contributed by atoms with E-state index in [1.54, 1.807) is 0 Å². The Morgan fingerprint density at radius 3 is 2.75 bits per heavy atom. The number of hydrogen-bond acceptors (Lipinski definition) is 3. The zero-order valence-corrected chi connectivity index (χ0v) is 8.10. The monoisotopic (exact) mass is 193 g/mol. The first-order valence-corrected chi connectivity index (χ1v) is 4.20. The van der Waals surface area contributed by atoms with E-state index in [9.17, 15) is 4.79 Å². The van der Waals surface area contributed by atoms with Gasteiger partial charge in [-0.05, 0) is 6.42 Å². The highest BCUT2D eigenvalue weighted by Crippen LogP contribution is 2.17. The molecule has 0 aliphatic carbocycles. The Hall–Kier alpha value is -0.280. The van der Waals surface area contributed by atoms with Crippen LogP contribution in [0.4, 0.5) is 0 Å². The van der Waals surface area contributed by atoms with Crippen LogP contribution >= 0.6 is 12.4 Å². The van der Waals surface area contributed by atoms with Crippen molar-refractivity contribution in [1.82, 2.24) is 0 Å². The molecule has 1 aliphatic rings. The third-order valence-corrected chi connectivity index (χ3v) is 1.98. The van der Waals surface area contributed by atoms with Crippen LogP contribution in [0.25, 0.3) is 0 Å². The predicted octanol–water partition coefficient (Wildman–Crippen LogP) is 1.24. The minimum atomic E-state index is -0.364. The molecule has 1 heterocycles. The molecule has 0 aromatic rings. The zero-order valence-electron chi connectivity index (χ0n) is 7.29. The zero-order chi connectivity index (χ0) is 8.27. The summed E-state index contributed by atoms with van der Waals surface area (Å²) in [5.74, 6) is -0.230. The van der Waals surface area contributed by atoms with E-state index >= 15 is 0 Å². The van der Waals surface area contributed by atoms with Crippen molar-refractivity contribution in [3.8, 4) is 0 Å². The molecule has 72 valence electrons. The SMILES string of the molecule is CCCCC1C[C@H](N)C(=O)O1.Cl. The average Bonchev–Trinajstić information content (AvgIpc) is 2.28. The number of unbranched alkanes of at least 4 members (excludes halogenated alkanes) is 1. The third-order valence-electron chi connectivity index (χ3n) is 1.98. The van der Waals surface area contributed by atoms with Gasteiger partial charge in [-0.3, -0.25) is 4.79 Å². The van der Waals surface area contributed by atoms with E-state index in [2.05, 4.69) is 6.92 Å². The van der Waals surface area contributed by atoms with Gasteiger partial charge in [0, 0.05) is 6.42 Å². The summed E-state index contributed by atoms with van der Waals surface area (Å²) in [5, 5.41) is 0. The van der Waals surface area contributed by atoms with Gasteiger partial charge in [0.25, 0.3) is 0 Å². The maximum atomic E-state index is 10.8. The van der Waals surface area contributed by atoms with Crippen molar-refractivity contribution in [3.63, 3.8) is 0 Å². The van der Waals surface area contributed by atoms with Crippen molar-refractivity contribution in [3.05, 3.63) is 0 Å². The molecule has 1 fully saturated rings. The van der Waals surface area contributed by atoms with Crippen LogP contribution in [0.15, 0.2) is 0 Å². The van der Waals surface area contributed by atoms with Gasteiger partial charge in [0.15, 0.2) is 0 Å².